The van der Waals surface area contributed by atoms with Crippen LogP contribution in [0.15, 0.2) is 41.5 Å². The Labute approximate surface area is 176 Å². The second-order valence-corrected chi connectivity index (χ2v) is 7.57. The standard InChI is InChI=1S/C21H29N9/c1-4-23-24-9-7-15(2)27-20-10-19(16-6-5-8-22-11-16)28-21-18(13-26-30(20)21)17-12-25-29(3)14-17/h7,9-10,12-14,16,22-23,27H,4-6,8,11H2,1-3H3/b15-7+,24-9-. The average Bonchev–Trinajstić information content (AvgIpc) is 3.38. The first-order valence-electron chi connectivity index (χ1n) is 10.4. The summed E-state index contributed by atoms with van der Waals surface area (Å²) in [6.45, 7) is 6.84. The van der Waals surface area contributed by atoms with Crippen LogP contribution < -0.4 is 16.1 Å². The third-order valence-corrected chi connectivity index (χ3v) is 5.20. The molecule has 9 nitrogen and oxygen atoms in total. The van der Waals surface area contributed by atoms with Crippen molar-refractivity contribution in [3.05, 3.63) is 42.1 Å². The zero-order valence-electron chi connectivity index (χ0n) is 17.8. The van der Waals surface area contributed by atoms with Crippen LogP contribution in [-0.4, -0.2) is 50.2 Å². The molecule has 1 unspecified atom stereocenters. The number of rotatable bonds is 7. The summed E-state index contributed by atoms with van der Waals surface area (Å²) in [6, 6.07) is 2.11. The monoisotopic (exact) mass is 407 g/mol. The van der Waals surface area contributed by atoms with Crippen LogP contribution in [0.5, 0.6) is 0 Å². The summed E-state index contributed by atoms with van der Waals surface area (Å²) >= 11 is 0. The minimum absolute atomic E-state index is 0.389. The van der Waals surface area contributed by atoms with E-state index in [1.165, 1.54) is 0 Å². The molecule has 0 saturated carbocycles. The van der Waals surface area contributed by atoms with E-state index in [0.717, 1.165) is 66.5 Å². The smallest absolute Gasteiger partial charge is 0.165 e. The lowest BCUT2D eigenvalue weighted by Crippen LogP contribution is -2.29. The molecule has 30 heavy (non-hydrogen) atoms. The molecule has 3 N–H and O–H groups in total. The second kappa shape index (κ2) is 9.08. The van der Waals surface area contributed by atoms with Crippen molar-refractivity contribution in [2.75, 3.05) is 25.0 Å². The summed E-state index contributed by atoms with van der Waals surface area (Å²) in [6.07, 6.45) is 11.7. The average molecular weight is 408 g/mol. The third kappa shape index (κ3) is 4.35. The fourth-order valence-electron chi connectivity index (χ4n) is 3.68. The Morgan fingerprint density at radius 1 is 1.37 bits per heavy atom. The van der Waals surface area contributed by atoms with Crippen LogP contribution in [-0.2, 0) is 7.05 Å². The number of anilines is 1. The maximum absolute atomic E-state index is 5.03. The molecular formula is C21H29N9. The Morgan fingerprint density at radius 3 is 3.00 bits per heavy atom. The summed E-state index contributed by atoms with van der Waals surface area (Å²) in [5, 5.41) is 20.0. The zero-order chi connectivity index (χ0) is 20.9. The van der Waals surface area contributed by atoms with Gasteiger partial charge in [-0.1, -0.05) is 0 Å². The SMILES string of the molecule is CCN/N=C\C=C(/C)Nc1cc(C2CCCNC2)nc2c(-c3cnn(C)c3)cnn12. The molecule has 3 aromatic heterocycles. The number of fused-ring (bicyclic) bond motifs is 1. The summed E-state index contributed by atoms with van der Waals surface area (Å²) < 4.78 is 3.66. The van der Waals surface area contributed by atoms with Gasteiger partial charge in [-0.25, -0.2) is 4.98 Å². The molecule has 4 heterocycles. The number of aryl methyl sites for hydroxylation is 1. The largest absolute Gasteiger partial charge is 0.344 e. The van der Waals surface area contributed by atoms with E-state index in [1.54, 1.807) is 10.9 Å². The third-order valence-electron chi connectivity index (χ3n) is 5.20. The van der Waals surface area contributed by atoms with E-state index in [2.05, 4.69) is 37.4 Å². The number of aromatic nitrogens is 5. The Hall–Kier alpha value is -3.20. The van der Waals surface area contributed by atoms with Gasteiger partial charge in [0.2, 0.25) is 0 Å². The Kier molecular flexibility index (Phi) is 6.08. The van der Waals surface area contributed by atoms with E-state index >= 15 is 0 Å². The molecule has 0 bridgehead atoms. The lowest BCUT2D eigenvalue weighted by Gasteiger charge is -2.23. The molecule has 1 aliphatic heterocycles. The van der Waals surface area contributed by atoms with Crippen molar-refractivity contribution >= 4 is 17.7 Å². The van der Waals surface area contributed by atoms with Crippen molar-refractivity contribution in [1.29, 1.82) is 0 Å². The fourth-order valence-corrected chi connectivity index (χ4v) is 3.68. The van der Waals surface area contributed by atoms with Gasteiger partial charge in [0.1, 0.15) is 5.82 Å². The number of hydrazone groups is 1. The van der Waals surface area contributed by atoms with Gasteiger partial charge in [-0.05, 0) is 39.3 Å². The molecule has 1 saturated heterocycles. The van der Waals surface area contributed by atoms with Crippen molar-refractivity contribution in [2.45, 2.75) is 32.6 Å². The van der Waals surface area contributed by atoms with Crippen molar-refractivity contribution in [3.63, 3.8) is 0 Å². The van der Waals surface area contributed by atoms with Crippen LogP contribution in [0.4, 0.5) is 5.82 Å². The fraction of sp³-hybridized carbons (Fsp3) is 0.429. The predicted octanol–water partition coefficient (Wildman–Crippen LogP) is 2.51. The molecule has 9 heteroatoms. The van der Waals surface area contributed by atoms with Gasteiger partial charge in [0, 0.05) is 61.4 Å². The van der Waals surface area contributed by atoms with E-state index in [1.807, 2.05) is 50.1 Å². The molecule has 0 spiro atoms. The zero-order valence-corrected chi connectivity index (χ0v) is 17.8. The molecule has 1 aliphatic rings. The van der Waals surface area contributed by atoms with Crippen molar-refractivity contribution in [2.24, 2.45) is 12.1 Å². The van der Waals surface area contributed by atoms with Crippen molar-refractivity contribution in [3.8, 4) is 11.1 Å². The molecule has 158 valence electrons. The number of nitrogens with zero attached hydrogens (tertiary/aromatic N) is 6. The Bertz CT molecular complexity index is 1050. The highest BCUT2D eigenvalue weighted by atomic mass is 15.3. The van der Waals surface area contributed by atoms with Gasteiger partial charge in [-0.3, -0.25) is 4.68 Å². The number of nitrogens with one attached hydrogen (secondary N) is 3. The lowest BCUT2D eigenvalue weighted by atomic mass is 9.96. The highest BCUT2D eigenvalue weighted by Crippen LogP contribution is 2.29. The first-order chi connectivity index (χ1) is 14.7. The van der Waals surface area contributed by atoms with Crippen LogP contribution in [0.3, 0.4) is 0 Å². The van der Waals surface area contributed by atoms with Crippen molar-refractivity contribution < 1.29 is 0 Å². The van der Waals surface area contributed by atoms with E-state index in [9.17, 15) is 0 Å². The first-order valence-corrected chi connectivity index (χ1v) is 10.4. The van der Waals surface area contributed by atoms with Crippen LogP contribution in [0.25, 0.3) is 16.8 Å². The summed E-state index contributed by atoms with van der Waals surface area (Å²) in [5.41, 5.74) is 7.80. The Morgan fingerprint density at radius 2 is 2.27 bits per heavy atom. The minimum atomic E-state index is 0.389. The first kappa shape index (κ1) is 20.1. The van der Waals surface area contributed by atoms with Gasteiger partial charge < -0.3 is 16.1 Å². The highest BCUT2D eigenvalue weighted by Gasteiger charge is 2.21. The van der Waals surface area contributed by atoms with Crippen LogP contribution in [0.1, 0.15) is 38.3 Å². The molecule has 0 amide bonds. The van der Waals surface area contributed by atoms with Gasteiger partial charge in [0.15, 0.2) is 5.65 Å². The number of allylic oxidation sites excluding steroid dienone is 2. The van der Waals surface area contributed by atoms with Crippen LogP contribution in [0.2, 0.25) is 0 Å². The van der Waals surface area contributed by atoms with Gasteiger partial charge >= 0.3 is 0 Å². The molecule has 4 rings (SSSR count). The quantitative estimate of drug-likeness (QED) is 0.411. The number of hydrogen-bond acceptors (Lipinski definition) is 7. The molecule has 1 fully saturated rings. The van der Waals surface area contributed by atoms with Gasteiger partial charge in [-0.15, -0.1) is 0 Å². The molecule has 0 aromatic carbocycles. The van der Waals surface area contributed by atoms with Gasteiger partial charge in [0.05, 0.1) is 18.1 Å². The van der Waals surface area contributed by atoms with E-state index < -0.39 is 0 Å². The maximum Gasteiger partial charge on any atom is 0.165 e. The molecule has 0 aliphatic carbocycles. The second-order valence-electron chi connectivity index (χ2n) is 7.57. The maximum atomic E-state index is 5.03. The summed E-state index contributed by atoms with van der Waals surface area (Å²) in [7, 11) is 1.91. The Balaban J connectivity index is 1.74. The normalized spacial score (nSPS) is 17.7. The number of piperidine rings is 1. The molecular weight excluding hydrogens is 378 g/mol. The number of hydrogen-bond donors (Lipinski definition) is 3. The lowest BCUT2D eigenvalue weighted by molar-refractivity contribution is 0.455. The molecule has 0 radical (unpaired) electrons. The van der Waals surface area contributed by atoms with E-state index in [0.29, 0.717) is 5.92 Å². The molecule has 1 atom stereocenters. The van der Waals surface area contributed by atoms with Crippen LogP contribution in [0, 0.1) is 0 Å². The molecule has 3 aromatic rings. The van der Waals surface area contributed by atoms with Crippen LogP contribution >= 0.6 is 0 Å². The summed E-state index contributed by atoms with van der Waals surface area (Å²) in [4.78, 5) is 5.03. The van der Waals surface area contributed by atoms with E-state index in [4.69, 9.17) is 4.98 Å². The topological polar surface area (TPSA) is 96.5 Å². The van der Waals surface area contributed by atoms with E-state index in [-0.39, 0.29) is 0 Å². The predicted molar refractivity (Wildman–Crippen MR) is 120 cm³/mol. The summed E-state index contributed by atoms with van der Waals surface area (Å²) in [5.74, 6) is 1.28. The highest BCUT2D eigenvalue weighted by molar-refractivity contribution is 5.78. The van der Waals surface area contributed by atoms with Crippen molar-refractivity contribution in [1.82, 2.24) is 35.1 Å². The van der Waals surface area contributed by atoms with Gasteiger partial charge in [0.25, 0.3) is 0 Å². The van der Waals surface area contributed by atoms with Gasteiger partial charge in [-0.2, -0.15) is 19.8 Å². The minimum Gasteiger partial charge on any atom is -0.344 e.